The summed E-state index contributed by atoms with van der Waals surface area (Å²) >= 11 is -2.47. The first-order valence-electron chi connectivity index (χ1n) is 7.03. The summed E-state index contributed by atoms with van der Waals surface area (Å²) in [5.41, 5.74) is 0. The number of benzene rings is 2. The van der Waals surface area contributed by atoms with Gasteiger partial charge >= 0.3 is 140 Å². The molecule has 0 fully saturated rings. The number of carbonyl (C=O) groups is 2. The molecule has 2 rings (SSSR count). The molecule has 5 heteroatoms. The summed E-state index contributed by atoms with van der Waals surface area (Å²) in [5, 5.41) is 0. The molecule has 0 spiro atoms. The molecule has 0 aromatic heterocycles. The second-order valence-corrected chi connectivity index (χ2v) is 9.81. The quantitative estimate of drug-likeness (QED) is 0.450. The molecule has 0 saturated carbocycles. The van der Waals surface area contributed by atoms with Crippen molar-refractivity contribution in [2.45, 2.75) is 0 Å². The zero-order valence-electron chi connectivity index (χ0n) is 13.0. The van der Waals surface area contributed by atoms with Crippen LogP contribution in [-0.2, 0) is 19.1 Å². The minimum atomic E-state index is -2.47. The van der Waals surface area contributed by atoms with Crippen LogP contribution in [0.25, 0.3) is 0 Å². The Hall–Kier alpha value is -2.34. The number of hydrogen-bond donors (Lipinski definition) is 0. The average Bonchev–Trinajstić information content (AvgIpc) is 2.62. The standard InChI is InChI=1S/C18H17GeO4/c1-22-17(20)13-16(18(21)23-2)19(14-9-5-3-6-10-14)15-11-7-4-8-12-15/h3-13H,1-2H3/b16-13+. The molecule has 2 aromatic carbocycles. The van der Waals surface area contributed by atoms with E-state index >= 15 is 0 Å². The molecule has 4 nitrogen and oxygen atoms in total. The second-order valence-electron chi connectivity index (χ2n) is 4.68. The summed E-state index contributed by atoms with van der Waals surface area (Å²) in [6, 6.07) is 19.5. The van der Waals surface area contributed by atoms with Crippen molar-refractivity contribution in [1.82, 2.24) is 0 Å². The molecule has 0 unspecified atom stereocenters. The Bertz CT molecular complexity index is 656. The third-order valence-electron chi connectivity index (χ3n) is 3.26. The summed E-state index contributed by atoms with van der Waals surface area (Å²) in [4.78, 5) is 24.0. The molecule has 1 radical (unpaired) electrons. The third-order valence-corrected chi connectivity index (χ3v) is 8.95. The normalized spacial score (nSPS) is 11.2. The van der Waals surface area contributed by atoms with Crippen LogP contribution in [0, 0.1) is 0 Å². The molecule has 0 bridgehead atoms. The molecule has 0 heterocycles. The zero-order chi connectivity index (χ0) is 16.7. The van der Waals surface area contributed by atoms with Gasteiger partial charge in [0.05, 0.1) is 0 Å². The van der Waals surface area contributed by atoms with E-state index in [4.69, 9.17) is 9.47 Å². The van der Waals surface area contributed by atoms with Crippen molar-refractivity contribution in [2.24, 2.45) is 0 Å². The summed E-state index contributed by atoms with van der Waals surface area (Å²) in [7, 11) is 2.61. The zero-order valence-corrected chi connectivity index (χ0v) is 15.1. The fraction of sp³-hybridized carbons (Fsp3) is 0.111. The predicted molar refractivity (Wildman–Crippen MR) is 90.0 cm³/mol. The van der Waals surface area contributed by atoms with E-state index in [2.05, 4.69) is 0 Å². The van der Waals surface area contributed by atoms with Crippen LogP contribution < -0.4 is 8.79 Å². The van der Waals surface area contributed by atoms with Gasteiger partial charge in [0.1, 0.15) is 0 Å². The van der Waals surface area contributed by atoms with Gasteiger partial charge in [-0.15, -0.1) is 0 Å². The van der Waals surface area contributed by atoms with Gasteiger partial charge in [-0.25, -0.2) is 0 Å². The van der Waals surface area contributed by atoms with Crippen molar-refractivity contribution in [1.29, 1.82) is 0 Å². The van der Waals surface area contributed by atoms with Crippen LogP contribution >= 0.6 is 0 Å². The Labute approximate surface area is 139 Å². The molecule has 117 valence electrons. The van der Waals surface area contributed by atoms with Gasteiger partial charge in [0.15, 0.2) is 0 Å². The molecule has 0 atom stereocenters. The maximum atomic E-state index is 12.3. The molecule has 0 amide bonds. The van der Waals surface area contributed by atoms with Crippen LogP contribution in [0.4, 0.5) is 0 Å². The van der Waals surface area contributed by atoms with Crippen molar-refractivity contribution in [3.8, 4) is 0 Å². The summed E-state index contributed by atoms with van der Waals surface area (Å²) < 4.78 is 12.1. The topological polar surface area (TPSA) is 52.6 Å². The number of hydrogen-bond acceptors (Lipinski definition) is 4. The van der Waals surface area contributed by atoms with Crippen LogP contribution in [0.2, 0.25) is 0 Å². The summed E-state index contributed by atoms with van der Waals surface area (Å²) in [5.74, 6) is -1.04. The summed E-state index contributed by atoms with van der Waals surface area (Å²) in [6.45, 7) is 0. The van der Waals surface area contributed by atoms with Crippen LogP contribution in [0.15, 0.2) is 71.1 Å². The van der Waals surface area contributed by atoms with Crippen molar-refractivity contribution in [2.75, 3.05) is 14.2 Å². The first-order chi connectivity index (χ1) is 11.2. The Balaban J connectivity index is 2.61. The number of methoxy groups -OCH3 is 2. The van der Waals surface area contributed by atoms with Crippen LogP contribution in [-0.4, -0.2) is 40.5 Å². The monoisotopic (exact) mass is 371 g/mol. The Kier molecular flexibility index (Phi) is 6.17. The molecule has 0 saturated heterocycles. The number of esters is 2. The van der Waals surface area contributed by atoms with E-state index in [9.17, 15) is 9.59 Å². The van der Waals surface area contributed by atoms with Crippen molar-refractivity contribution >= 4 is 35.1 Å². The Morgan fingerprint density at radius 2 is 1.30 bits per heavy atom. The maximum absolute atomic E-state index is 12.3. The average molecular weight is 370 g/mol. The third kappa shape index (κ3) is 4.32. The molecule has 2 aromatic rings. The van der Waals surface area contributed by atoms with E-state index in [-0.39, 0.29) is 0 Å². The van der Waals surface area contributed by atoms with Gasteiger partial charge in [-0.3, -0.25) is 0 Å². The molecular weight excluding hydrogens is 353 g/mol. The predicted octanol–water partition coefficient (Wildman–Crippen LogP) is 1.11. The van der Waals surface area contributed by atoms with Gasteiger partial charge in [-0.1, -0.05) is 0 Å². The fourth-order valence-corrected chi connectivity index (χ4v) is 7.61. The van der Waals surface area contributed by atoms with Crippen LogP contribution in [0.5, 0.6) is 0 Å². The van der Waals surface area contributed by atoms with Crippen LogP contribution in [0.3, 0.4) is 0 Å². The molecule has 0 aliphatic heterocycles. The van der Waals surface area contributed by atoms with Crippen molar-refractivity contribution in [3.63, 3.8) is 0 Å². The molecule has 23 heavy (non-hydrogen) atoms. The van der Waals surface area contributed by atoms with Gasteiger partial charge in [-0.05, 0) is 0 Å². The first kappa shape index (κ1) is 17.0. The van der Waals surface area contributed by atoms with Gasteiger partial charge in [0, 0.05) is 0 Å². The number of ether oxygens (including phenoxy) is 2. The van der Waals surface area contributed by atoms with E-state index in [1.807, 2.05) is 60.7 Å². The van der Waals surface area contributed by atoms with E-state index < -0.39 is 26.3 Å². The molecule has 0 aliphatic carbocycles. The molecular formula is C18H17GeO4. The van der Waals surface area contributed by atoms with E-state index in [0.717, 1.165) is 8.79 Å². The second kappa shape index (κ2) is 8.34. The summed E-state index contributed by atoms with van der Waals surface area (Å²) in [6.07, 6.45) is 1.27. The van der Waals surface area contributed by atoms with E-state index in [1.54, 1.807) is 0 Å². The van der Waals surface area contributed by atoms with Crippen molar-refractivity contribution in [3.05, 3.63) is 71.1 Å². The molecule has 0 N–H and O–H groups in total. The Morgan fingerprint density at radius 3 is 1.70 bits per heavy atom. The minimum absolute atomic E-state index is 0.400. The molecule has 0 aliphatic rings. The van der Waals surface area contributed by atoms with Crippen molar-refractivity contribution < 1.29 is 19.1 Å². The van der Waals surface area contributed by atoms with E-state index in [1.165, 1.54) is 20.3 Å². The Morgan fingerprint density at radius 1 is 0.826 bits per heavy atom. The van der Waals surface area contributed by atoms with Gasteiger partial charge < -0.3 is 0 Å². The number of rotatable bonds is 5. The van der Waals surface area contributed by atoms with Gasteiger partial charge in [-0.2, -0.15) is 0 Å². The van der Waals surface area contributed by atoms with Gasteiger partial charge in [0.25, 0.3) is 0 Å². The van der Waals surface area contributed by atoms with Crippen LogP contribution in [0.1, 0.15) is 0 Å². The number of carbonyl (C=O) groups excluding carboxylic acids is 2. The first-order valence-corrected chi connectivity index (χ1v) is 10.2. The SMILES string of the molecule is COC(=O)/C=[C](\C(=O)OC)[Ge]([c]1ccccc1)[c]1ccccc1. The fourth-order valence-electron chi connectivity index (χ4n) is 2.21. The van der Waals surface area contributed by atoms with E-state index in [0.29, 0.717) is 4.41 Å². The van der Waals surface area contributed by atoms with Gasteiger partial charge in [0.2, 0.25) is 0 Å².